The van der Waals surface area contributed by atoms with E-state index in [9.17, 15) is 8.42 Å². The van der Waals surface area contributed by atoms with E-state index in [0.717, 1.165) is 13.0 Å². The molecular formula is C6H14N2O2S. The lowest BCUT2D eigenvalue weighted by molar-refractivity contribution is 0.507. The summed E-state index contributed by atoms with van der Waals surface area (Å²) in [5.41, 5.74) is 0. The van der Waals surface area contributed by atoms with Crippen molar-refractivity contribution in [3.63, 3.8) is 0 Å². The fraction of sp³-hybridized carbons (Fsp3) is 1.00. The van der Waals surface area contributed by atoms with Crippen LogP contribution in [0.25, 0.3) is 0 Å². The Morgan fingerprint density at radius 3 is 2.45 bits per heavy atom. The smallest absolute Gasteiger partial charge is 0.217 e. The number of hydrogen-bond donors (Lipinski definition) is 1. The van der Waals surface area contributed by atoms with Gasteiger partial charge in [-0.05, 0) is 13.0 Å². The molecule has 1 rings (SSSR count). The van der Waals surface area contributed by atoms with Crippen molar-refractivity contribution in [1.82, 2.24) is 9.62 Å². The van der Waals surface area contributed by atoms with E-state index in [0.29, 0.717) is 6.54 Å². The second kappa shape index (κ2) is 3.08. The molecule has 5 heteroatoms. The maximum absolute atomic E-state index is 11.4. The minimum atomic E-state index is -3.01. The van der Waals surface area contributed by atoms with Crippen molar-refractivity contribution < 1.29 is 8.42 Å². The first-order valence-corrected chi connectivity index (χ1v) is 5.17. The second-order valence-electron chi connectivity index (χ2n) is 2.94. The molecule has 0 amide bonds. The quantitative estimate of drug-likeness (QED) is 0.604. The van der Waals surface area contributed by atoms with Crippen LogP contribution >= 0.6 is 0 Å². The van der Waals surface area contributed by atoms with Gasteiger partial charge in [0.2, 0.25) is 10.0 Å². The van der Waals surface area contributed by atoms with Gasteiger partial charge >= 0.3 is 0 Å². The molecule has 66 valence electrons. The standard InChI is InChI=1S/C6H14N2O2S/c1-8(2)11(9,10)6-3-4-7-5-6/h6-7H,3-5H2,1-2H3/t6-/m0/s1. The molecule has 1 fully saturated rings. The van der Waals surface area contributed by atoms with E-state index >= 15 is 0 Å². The summed E-state index contributed by atoms with van der Waals surface area (Å²) in [7, 11) is 0.148. The third kappa shape index (κ3) is 1.72. The van der Waals surface area contributed by atoms with Gasteiger partial charge in [-0.25, -0.2) is 12.7 Å². The zero-order valence-corrected chi connectivity index (χ0v) is 7.69. The minimum absolute atomic E-state index is 0.211. The molecule has 1 N–H and O–H groups in total. The number of nitrogens with zero attached hydrogens (tertiary/aromatic N) is 1. The molecule has 1 heterocycles. The van der Waals surface area contributed by atoms with Gasteiger partial charge < -0.3 is 5.32 Å². The Hall–Kier alpha value is -0.130. The number of nitrogens with one attached hydrogen (secondary N) is 1. The molecule has 0 aliphatic carbocycles. The molecule has 0 spiro atoms. The molecule has 0 unspecified atom stereocenters. The van der Waals surface area contributed by atoms with Crippen LogP contribution in [0.5, 0.6) is 0 Å². The summed E-state index contributed by atoms with van der Waals surface area (Å²) in [5, 5.41) is 2.82. The number of sulfonamides is 1. The van der Waals surface area contributed by atoms with Crippen LogP contribution in [0.15, 0.2) is 0 Å². The van der Waals surface area contributed by atoms with Gasteiger partial charge in [0.25, 0.3) is 0 Å². The lowest BCUT2D eigenvalue weighted by Crippen LogP contribution is -2.34. The van der Waals surface area contributed by atoms with Crippen LogP contribution in [0, 0.1) is 0 Å². The van der Waals surface area contributed by atoms with E-state index in [-0.39, 0.29) is 5.25 Å². The summed E-state index contributed by atoms with van der Waals surface area (Å²) in [5.74, 6) is 0. The Morgan fingerprint density at radius 2 is 2.09 bits per heavy atom. The minimum Gasteiger partial charge on any atom is -0.315 e. The van der Waals surface area contributed by atoms with Crippen LogP contribution in [0.4, 0.5) is 0 Å². The molecule has 1 atom stereocenters. The van der Waals surface area contributed by atoms with Crippen LogP contribution in [0.1, 0.15) is 6.42 Å². The largest absolute Gasteiger partial charge is 0.315 e. The molecular weight excluding hydrogens is 164 g/mol. The average Bonchev–Trinajstić information content (AvgIpc) is 2.37. The third-order valence-electron chi connectivity index (χ3n) is 1.95. The van der Waals surface area contributed by atoms with Gasteiger partial charge in [-0.15, -0.1) is 0 Å². The first-order chi connectivity index (χ1) is 5.05. The fourth-order valence-electron chi connectivity index (χ4n) is 1.18. The summed E-state index contributed by atoms with van der Waals surface area (Å²) < 4.78 is 24.1. The summed E-state index contributed by atoms with van der Waals surface area (Å²) in [6.45, 7) is 1.41. The van der Waals surface area contributed by atoms with E-state index < -0.39 is 10.0 Å². The fourth-order valence-corrected chi connectivity index (χ4v) is 2.52. The van der Waals surface area contributed by atoms with E-state index in [1.54, 1.807) is 14.1 Å². The Balaban J connectivity index is 2.72. The molecule has 11 heavy (non-hydrogen) atoms. The Morgan fingerprint density at radius 1 is 1.45 bits per heavy atom. The van der Waals surface area contributed by atoms with Crippen molar-refractivity contribution in [3.05, 3.63) is 0 Å². The zero-order valence-electron chi connectivity index (χ0n) is 6.87. The molecule has 1 aliphatic heterocycles. The molecule has 0 radical (unpaired) electrons. The van der Waals surface area contributed by atoms with E-state index in [1.165, 1.54) is 4.31 Å². The maximum atomic E-state index is 11.4. The Labute approximate surface area is 67.6 Å². The molecule has 0 aromatic rings. The van der Waals surface area contributed by atoms with E-state index in [2.05, 4.69) is 5.32 Å². The molecule has 0 aromatic carbocycles. The van der Waals surface area contributed by atoms with Gasteiger partial charge in [0.1, 0.15) is 0 Å². The molecule has 0 saturated carbocycles. The SMILES string of the molecule is CN(C)S(=O)(=O)[C@H]1CCNC1. The molecule has 1 aliphatic rings. The molecule has 0 aromatic heterocycles. The third-order valence-corrected chi connectivity index (χ3v) is 4.21. The summed E-state index contributed by atoms with van der Waals surface area (Å²) in [4.78, 5) is 0. The predicted molar refractivity (Wildman–Crippen MR) is 43.9 cm³/mol. The second-order valence-corrected chi connectivity index (χ2v) is 5.37. The molecule has 0 bridgehead atoms. The topological polar surface area (TPSA) is 49.4 Å². The van der Waals surface area contributed by atoms with Gasteiger partial charge in [0.05, 0.1) is 5.25 Å². The van der Waals surface area contributed by atoms with Gasteiger partial charge in [-0.1, -0.05) is 0 Å². The van der Waals surface area contributed by atoms with Crippen LogP contribution in [-0.4, -0.2) is 45.2 Å². The number of rotatable bonds is 2. The van der Waals surface area contributed by atoms with Crippen LogP contribution < -0.4 is 5.32 Å². The highest BCUT2D eigenvalue weighted by Gasteiger charge is 2.29. The van der Waals surface area contributed by atoms with Crippen molar-refractivity contribution in [3.8, 4) is 0 Å². The van der Waals surface area contributed by atoms with Crippen molar-refractivity contribution in [1.29, 1.82) is 0 Å². The van der Waals surface area contributed by atoms with Gasteiger partial charge in [0.15, 0.2) is 0 Å². The highest BCUT2D eigenvalue weighted by atomic mass is 32.2. The van der Waals surface area contributed by atoms with E-state index in [1.807, 2.05) is 0 Å². The first-order valence-electron chi connectivity index (χ1n) is 3.67. The zero-order chi connectivity index (χ0) is 8.48. The maximum Gasteiger partial charge on any atom is 0.217 e. The monoisotopic (exact) mass is 178 g/mol. The summed E-state index contributed by atoms with van der Waals surface area (Å²) in [6, 6.07) is 0. The van der Waals surface area contributed by atoms with Gasteiger partial charge in [0, 0.05) is 20.6 Å². The molecule has 4 nitrogen and oxygen atoms in total. The van der Waals surface area contributed by atoms with E-state index in [4.69, 9.17) is 0 Å². The van der Waals surface area contributed by atoms with Crippen LogP contribution in [0.2, 0.25) is 0 Å². The van der Waals surface area contributed by atoms with Crippen molar-refractivity contribution in [2.75, 3.05) is 27.2 Å². The van der Waals surface area contributed by atoms with Gasteiger partial charge in [-0.3, -0.25) is 0 Å². The Kier molecular flexibility index (Phi) is 2.51. The summed E-state index contributed by atoms with van der Waals surface area (Å²) >= 11 is 0. The van der Waals surface area contributed by atoms with Crippen LogP contribution in [0.3, 0.4) is 0 Å². The lowest BCUT2D eigenvalue weighted by atomic mass is 10.4. The number of hydrogen-bond acceptors (Lipinski definition) is 3. The average molecular weight is 178 g/mol. The highest BCUT2D eigenvalue weighted by Crippen LogP contribution is 2.11. The first kappa shape index (κ1) is 8.96. The van der Waals surface area contributed by atoms with Crippen molar-refractivity contribution in [2.45, 2.75) is 11.7 Å². The molecule has 1 saturated heterocycles. The predicted octanol–water partition coefficient (Wildman–Crippen LogP) is -0.760. The van der Waals surface area contributed by atoms with Crippen molar-refractivity contribution >= 4 is 10.0 Å². The van der Waals surface area contributed by atoms with Gasteiger partial charge in [-0.2, -0.15) is 0 Å². The highest BCUT2D eigenvalue weighted by molar-refractivity contribution is 7.89. The Bertz CT molecular complexity index is 217. The van der Waals surface area contributed by atoms with Crippen molar-refractivity contribution in [2.24, 2.45) is 0 Å². The van der Waals surface area contributed by atoms with Crippen LogP contribution in [-0.2, 0) is 10.0 Å². The summed E-state index contributed by atoms with van der Waals surface area (Å²) in [6.07, 6.45) is 0.737. The lowest BCUT2D eigenvalue weighted by Gasteiger charge is -2.15. The normalized spacial score (nSPS) is 26.3.